The van der Waals surface area contributed by atoms with E-state index in [1.54, 1.807) is 0 Å². The normalized spacial score (nSPS) is 12.4. The fourth-order valence-electron chi connectivity index (χ4n) is 3.03. The van der Waals surface area contributed by atoms with Crippen molar-refractivity contribution in [1.82, 2.24) is 10.6 Å². The SMILES string of the molecule is C=COCCCCC(CCCCC(CCCCOC=C)NC(=O)O)NC(=O)O. The highest BCUT2D eigenvalue weighted by Gasteiger charge is 2.14. The molecule has 0 aromatic rings. The Hall–Kier alpha value is -2.38. The number of amides is 2. The van der Waals surface area contributed by atoms with Gasteiger partial charge in [-0.05, 0) is 51.4 Å². The summed E-state index contributed by atoms with van der Waals surface area (Å²) in [6.07, 6.45) is 8.89. The average Bonchev–Trinajstić information content (AvgIpc) is 2.63. The van der Waals surface area contributed by atoms with E-state index in [2.05, 4.69) is 23.8 Å². The van der Waals surface area contributed by atoms with Gasteiger partial charge >= 0.3 is 12.2 Å². The quantitative estimate of drug-likeness (QED) is 0.188. The van der Waals surface area contributed by atoms with Crippen LogP contribution in [0, 0.1) is 0 Å². The third kappa shape index (κ3) is 17.1. The fourth-order valence-corrected chi connectivity index (χ4v) is 3.03. The van der Waals surface area contributed by atoms with Crippen LogP contribution in [0.2, 0.25) is 0 Å². The lowest BCUT2D eigenvalue weighted by atomic mass is 9.99. The Morgan fingerprint density at radius 2 is 1.04 bits per heavy atom. The van der Waals surface area contributed by atoms with Gasteiger partial charge in [0.2, 0.25) is 0 Å². The molecular weight excluding hydrogens is 364 g/mol. The molecule has 0 aliphatic rings. The minimum Gasteiger partial charge on any atom is -0.502 e. The monoisotopic (exact) mass is 400 g/mol. The Balaban J connectivity index is 4.14. The molecule has 0 rings (SSSR count). The van der Waals surface area contributed by atoms with Gasteiger partial charge in [0, 0.05) is 12.1 Å². The summed E-state index contributed by atoms with van der Waals surface area (Å²) in [6.45, 7) is 8.14. The number of carboxylic acid groups (broad SMARTS) is 2. The molecule has 0 heterocycles. The molecule has 4 N–H and O–H groups in total. The van der Waals surface area contributed by atoms with Crippen LogP contribution in [-0.4, -0.2) is 47.7 Å². The molecule has 2 unspecified atom stereocenters. The second kappa shape index (κ2) is 18.0. The highest BCUT2D eigenvalue weighted by molar-refractivity contribution is 5.65. The number of rotatable bonds is 19. The van der Waals surface area contributed by atoms with Crippen molar-refractivity contribution in [2.75, 3.05) is 13.2 Å². The van der Waals surface area contributed by atoms with Crippen LogP contribution in [0.4, 0.5) is 9.59 Å². The van der Waals surface area contributed by atoms with E-state index in [9.17, 15) is 9.59 Å². The fraction of sp³-hybridized carbons (Fsp3) is 0.700. The van der Waals surface area contributed by atoms with Gasteiger partial charge in [-0.15, -0.1) is 0 Å². The van der Waals surface area contributed by atoms with Crippen LogP contribution in [0.3, 0.4) is 0 Å². The summed E-state index contributed by atoms with van der Waals surface area (Å²) in [4.78, 5) is 21.9. The summed E-state index contributed by atoms with van der Waals surface area (Å²) in [7, 11) is 0. The van der Waals surface area contributed by atoms with Gasteiger partial charge < -0.3 is 30.3 Å². The largest absolute Gasteiger partial charge is 0.502 e. The first-order valence-corrected chi connectivity index (χ1v) is 9.93. The Morgan fingerprint density at radius 3 is 1.32 bits per heavy atom. The van der Waals surface area contributed by atoms with Gasteiger partial charge in [0.05, 0.1) is 25.7 Å². The van der Waals surface area contributed by atoms with Crippen LogP contribution < -0.4 is 10.6 Å². The lowest BCUT2D eigenvalue weighted by molar-refractivity contribution is 0.184. The molecule has 0 aliphatic carbocycles. The van der Waals surface area contributed by atoms with Crippen molar-refractivity contribution >= 4 is 12.2 Å². The second-order valence-corrected chi connectivity index (χ2v) is 6.64. The molecule has 0 bridgehead atoms. The maximum atomic E-state index is 11.0. The van der Waals surface area contributed by atoms with Gasteiger partial charge in [-0.1, -0.05) is 26.0 Å². The van der Waals surface area contributed by atoms with Gasteiger partial charge in [0.1, 0.15) is 0 Å². The Kier molecular flexibility index (Phi) is 16.5. The number of hydrogen-bond donors (Lipinski definition) is 4. The van der Waals surface area contributed by atoms with Crippen molar-refractivity contribution in [2.24, 2.45) is 0 Å². The van der Waals surface area contributed by atoms with E-state index in [0.29, 0.717) is 13.2 Å². The summed E-state index contributed by atoms with van der Waals surface area (Å²) in [6, 6.07) is -0.189. The highest BCUT2D eigenvalue weighted by Crippen LogP contribution is 2.14. The van der Waals surface area contributed by atoms with Gasteiger partial charge in [-0.2, -0.15) is 0 Å². The van der Waals surface area contributed by atoms with E-state index >= 15 is 0 Å². The van der Waals surface area contributed by atoms with Gasteiger partial charge in [0.25, 0.3) is 0 Å². The van der Waals surface area contributed by atoms with Crippen molar-refractivity contribution in [3.8, 4) is 0 Å². The summed E-state index contributed by atoms with van der Waals surface area (Å²) >= 11 is 0. The summed E-state index contributed by atoms with van der Waals surface area (Å²) in [5.74, 6) is 0. The molecule has 0 aromatic heterocycles. The maximum absolute atomic E-state index is 11.0. The van der Waals surface area contributed by atoms with Crippen molar-refractivity contribution in [1.29, 1.82) is 0 Å². The van der Waals surface area contributed by atoms with E-state index in [4.69, 9.17) is 19.7 Å². The zero-order chi connectivity index (χ0) is 21.0. The molecule has 0 aromatic carbocycles. The van der Waals surface area contributed by atoms with Crippen LogP contribution in [0.15, 0.2) is 25.7 Å². The standard InChI is InChI=1S/C20H36N2O6/c1-3-27-15-9-7-13-17(21-19(23)24)11-5-6-12-18(22-20(25)26)14-8-10-16-28-4-2/h3-4,17-18,21-22H,1-2,5-16H2,(H,23,24)(H,25,26). The topological polar surface area (TPSA) is 117 Å². The molecule has 0 aliphatic heterocycles. The van der Waals surface area contributed by atoms with E-state index in [-0.39, 0.29) is 12.1 Å². The lowest BCUT2D eigenvalue weighted by Crippen LogP contribution is -2.34. The van der Waals surface area contributed by atoms with Crippen molar-refractivity contribution in [3.05, 3.63) is 25.7 Å². The molecule has 28 heavy (non-hydrogen) atoms. The molecule has 0 saturated heterocycles. The first kappa shape index (κ1) is 25.6. The number of ether oxygens (including phenoxy) is 2. The first-order valence-electron chi connectivity index (χ1n) is 9.93. The average molecular weight is 401 g/mol. The molecule has 0 spiro atoms. The number of hydrogen-bond acceptors (Lipinski definition) is 4. The molecule has 2 atom stereocenters. The van der Waals surface area contributed by atoms with Crippen molar-refractivity contribution < 1.29 is 29.3 Å². The highest BCUT2D eigenvalue weighted by atomic mass is 16.5. The second-order valence-electron chi connectivity index (χ2n) is 6.64. The van der Waals surface area contributed by atoms with E-state index in [0.717, 1.165) is 64.2 Å². The minimum atomic E-state index is -1.01. The predicted molar refractivity (Wildman–Crippen MR) is 108 cm³/mol. The Morgan fingerprint density at radius 1 is 0.714 bits per heavy atom. The Bertz CT molecular complexity index is 404. The number of carbonyl (C=O) groups is 2. The molecular formula is C20H36N2O6. The first-order chi connectivity index (χ1) is 13.5. The summed E-state index contributed by atoms with van der Waals surface area (Å²) in [5, 5.41) is 23.1. The molecule has 0 saturated carbocycles. The van der Waals surface area contributed by atoms with Gasteiger partial charge in [-0.25, -0.2) is 9.59 Å². The lowest BCUT2D eigenvalue weighted by Gasteiger charge is -2.19. The summed E-state index contributed by atoms with van der Waals surface area (Å²) < 4.78 is 10.1. The zero-order valence-electron chi connectivity index (χ0n) is 16.7. The third-order valence-electron chi connectivity index (χ3n) is 4.38. The van der Waals surface area contributed by atoms with Crippen LogP contribution in [0.5, 0.6) is 0 Å². The van der Waals surface area contributed by atoms with Crippen LogP contribution >= 0.6 is 0 Å². The van der Waals surface area contributed by atoms with Gasteiger partial charge in [-0.3, -0.25) is 0 Å². The minimum absolute atomic E-state index is 0.0943. The molecule has 8 heteroatoms. The van der Waals surface area contributed by atoms with E-state index in [1.165, 1.54) is 12.5 Å². The van der Waals surface area contributed by atoms with Crippen LogP contribution in [-0.2, 0) is 9.47 Å². The van der Waals surface area contributed by atoms with E-state index < -0.39 is 12.2 Å². The molecule has 162 valence electrons. The number of nitrogens with one attached hydrogen (secondary N) is 2. The van der Waals surface area contributed by atoms with E-state index in [1.807, 2.05) is 0 Å². The molecule has 8 nitrogen and oxygen atoms in total. The smallest absolute Gasteiger partial charge is 0.404 e. The molecule has 2 amide bonds. The third-order valence-corrected chi connectivity index (χ3v) is 4.38. The molecule has 0 fully saturated rings. The predicted octanol–water partition coefficient (Wildman–Crippen LogP) is 4.48. The van der Waals surface area contributed by atoms with Crippen LogP contribution in [0.1, 0.15) is 64.2 Å². The Labute approximate surface area is 168 Å². The maximum Gasteiger partial charge on any atom is 0.404 e. The molecule has 0 radical (unpaired) electrons. The van der Waals surface area contributed by atoms with Gasteiger partial charge in [0.15, 0.2) is 0 Å². The number of unbranched alkanes of at least 4 members (excludes halogenated alkanes) is 3. The van der Waals surface area contributed by atoms with Crippen LogP contribution in [0.25, 0.3) is 0 Å². The van der Waals surface area contributed by atoms with Crippen molar-refractivity contribution in [2.45, 2.75) is 76.3 Å². The summed E-state index contributed by atoms with van der Waals surface area (Å²) in [5.41, 5.74) is 0. The zero-order valence-corrected chi connectivity index (χ0v) is 16.7. The van der Waals surface area contributed by atoms with Crippen molar-refractivity contribution in [3.63, 3.8) is 0 Å².